The van der Waals surface area contributed by atoms with Gasteiger partial charge < -0.3 is 5.32 Å². The van der Waals surface area contributed by atoms with E-state index in [-0.39, 0.29) is 11.8 Å². The van der Waals surface area contributed by atoms with Crippen LogP contribution in [0.15, 0.2) is 54.6 Å². The first-order chi connectivity index (χ1) is 11.0. The van der Waals surface area contributed by atoms with Crippen molar-refractivity contribution in [3.63, 3.8) is 0 Å². The summed E-state index contributed by atoms with van der Waals surface area (Å²) in [5, 5.41) is 3.41. The van der Waals surface area contributed by atoms with Crippen LogP contribution in [-0.4, -0.2) is 14.2 Å². The second-order valence-electron chi connectivity index (χ2n) is 5.63. The summed E-state index contributed by atoms with van der Waals surface area (Å²) in [5.41, 5.74) is 2.76. The van der Waals surface area contributed by atoms with E-state index in [4.69, 9.17) is 0 Å². The smallest absolute Gasteiger partial charge is 0.232 e. The molecule has 0 aliphatic carbocycles. The fraction of sp³-hybridized carbons (Fsp3) is 0.333. The number of hydrogen-bond acceptors (Lipinski definition) is 3. The van der Waals surface area contributed by atoms with Crippen molar-refractivity contribution in [2.24, 2.45) is 0 Å². The van der Waals surface area contributed by atoms with Crippen molar-refractivity contribution in [3.8, 4) is 0 Å². The number of hydrogen-bond donors (Lipinski definition) is 2. The lowest BCUT2D eigenvalue weighted by Crippen LogP contribution is -2.16. The normalized spacial score (nSPS) is 12.6. The highest BCUT2D eigenvalue weighted by Crippen LogP contribution is 2.21. The molecule has 124 valence electrons. The topological polar surface area (TPSA) is 58.2 Å². The van der Waals surface area contributed by atoms with Crippen molar-refractivity contribution in [3.05, 3.63) is 60.2 Å². The van der Waals surface area contributed by atoms with Gasteiger partial charge in [-0.1, -0.05) is 43.7 Å². The van der Waals surface area contributed by atoms with Gasteiger partial charge in [-0.25, -0.2) is 8.42 Å². The second kappa shape index (κ2) is 8.02. The average molecular weight is 332 g/mol. The summed E-state index contributed by atoms with van der Waals surface area (Å²) >= 11 is 0. The van der Waals surface area contributed by atoms with Gasteiger partial charge >= 0.3 is 0 Å². The minimum atomic E-state index is -3.25. The van der Waals surface area contributed by atoms with Crippen LogP contribution in [0.4, 0.5) is 11.4 Å². The minimum absolute atomic E-state index is 0.161. The van der Waals surface area contributed by atoms with Gasteiger partial charge in [0.1, 0.15) is 0 Å². The highest BCUT2D eigenvalue weighted by atomic mass is 32.2. The van der Waals surface area contributed by atoms with Gasteiger partial charge in [-0.2, -0.15) is 0 Å². The molecule has 2 aromatic carbocycles. The lowest BCUT2D eigenvalue weighted by Gasteiger charge is -2.16. The fourth-order valence-electron chi connectivity index (χ4n) is 2.27. The van der Waals surface area contributed by atoms with Crippen LogP contribution in [0.2, 0.25) is 0 Å². The molecule has 0 aliphatic heterocycles. The molecule has 0 saturated carbocycles. The Balaban J connectivity index is 1.97. The molecule has 2 rings (SSSR count). The SMILES string of the molecule is CCCCS(=O)(=O)Nc1ccc(NC(C)c2ccccc2)cc1. The Morgan fingerprint density at radius 2 is 1.57 bits per heavy atom. The molecule has 5 heteroatoms. The summed E-state index contributed by atoms with van der Waals surface area (Å²) < 4.78 is 26.4. The average Bonchev–Trinajstić information content (AvgIpc) is 2.55. The summed E-state index contributed by atoms with van der Waals surface area (Å²) in [5.74, 6) is 0.161. The molecule has 0 radical (unpaired) electrons. The van der Waals surface area contributed by atoms with Crippen LogP contribution in [-0.2, 0) is 10.0 Å². The summed E-state index contributed by atoms with van der Waals surface area (Å²) in [4.78, 5) is 0. The van der Waals surface area contributed by atoms with E-state index in [1.807, 2.05) is 37.3 Å². The zero-order chi connectivity index (χ0) is 16.7. The molecular formula is C18H24N2O2S. The lowest BCUT2D eigenvalue weighted by molar-refractivity contribution is 0.598. The summed E-state index contributed by atoms with van der Waals surface area (Å²) in [6.07, 6.45) is 1.53. The molecule has 23 heavy (non-hydrogen) atoms. The van der Waals surface area contributed by atoms with Gasteiger partial charge in [0, 0.05) is 17.4 Å². The molecule has 0 fully saturated rings. The van der Waals surface area contributed by atoms with Crippen molar-refractivity contribution in [1.82, 2.24) is 0 Å². The van der Waals surface area contributed by atoms with E-state index in [1.54, 1.807) is 12.1 Å². The predicted octanol–water partition coefficient (Wildman–Crippen LogP) is 4.40. The van der Waals surface area contributed by atoms with Crippen LogP contribution in [0.25, 0.3) is 0 Å². The Morgan fingerprint density at radius 1 is 0.957 bits per heavy atom. The second-order valence-corrected chi connectivity index (χ2v) is 7.47. The van der Waals surface area contributed by atoms with Gasteiger partial charge in [-0.05, 0) is 43.2 Å². The van der Waals surface area contributed by atoms with Crippen molar-refractivity contribution in [1.29, 1.82) is 0 Å². The Bertz CT molecular complexity index is 698. The third-order valence-electron chi connectivity index (χ3n) is 3.61. The van der Waals surface area contributed by atoms with Crippen molar-refractivity contribution in [2.75, 3.05) is 15.8 Å². The zero-order valence-corrected chi connectivity index (χ0v) is 14.4. The van der Waals surface area contributed by atoms with Crippen molar-refractivity contribution >= 4 is 21.4 Å². The van der Waals surface area contributed by atoms with Crippen molar-refractivity contribution < 1.29 is 8.42 Å². The van der Waals surface area contributed by atoms with E-state index in [0.717, 1.165) is 12.1 Å². The molecule has 2 aromatic rings. The summed E-state index contributed by atoms with van der Waals surface area (Å²) in [7, 11) is -3.25. The van der Waals surface area contributed by atoms with Gasteiger partial charge in [-0.3, -0.25) is 4.72 Å². The molecule has 2 N–H and O–H groups in total. The summed E-state index contributed by atoms with van der Waals surface area (Å²) in [6.45, 7) is 4.07. The largest absolute Gasteiger partial charge is 0.379 e. The van der Waals surface area contributed by atoms with Crippen LogP contribution >= 0.6 is 0 Å². The van der Waals surface area contributed by atoms with Crippen LogP contribution in [0, 0.1) is 0 Å². The van der Waals surface area contributed by atoms with Gasteiger partial charge in [0.2, 0.25) is 10.0 Å². The molecule has 0 amide bonds. The zero-order valence-electron chi connectivity index (χ0n) is 13.6. The van der Waals surface area contributed by atoms with E-state index in [0.29, 0.717) is 12.1 Å². The Kier molecular flexibility index (Phi) is 6.04. The first kappa shape index (κ1) is 17.3. The van der Waals surface area contributed by atoms with Gasteiger partial charge in [0.15, 0.2) is 0 Å². The molecule has 0 bridgehead atoms. The van der Waals surface area contributed by atoms with Crippen molar-refractivity contribution in [2.45, 2.75) is 32.7 Å². The maximum Gasteiger partial charge on any atom is 0.232 e. The Morgan fingerprint density at radius 3 is 2.17 bits per heavy atom. The van der Waals surface area contributed by atoms with E-state index >= 15 is 0 Å². The third kappa shape index (κ3) is 5.60. The van der Waals surface area contributed by atoms with E-state index < -0.39 is 10.0 Å². The van der Waals surface area contributed by atoms with Gasteiger partial charge in [0.25, 0.3) is 0 Å². The lowest BCUT2D eigenvalue weighted by atomic mass is 10.1. The number of anilines is 2. The Hall–Kier alpha value is -2.01. The molecule has 0 aromatic heterocycles. The van der Waals surface area contributed by atoms with Crippen LogP contribution in [0.1, 0.15) is 38.3 Å². The molecule has 4 nitrogen and oxygen atoms in total. The van der Waals surface area contributed by atoms with Gasteiger partial charge in [0.05, 0.1) is 5.75 Å². The molecule has 0 saturated heterocycles. The highest BCUT2D eigenvalue weighted by molar-refractivity contribution is 7.92. The maximum absolute atomic E-state index is 11.9. The maximum atomic E-state index is 11.9. The van der Waals surface area contributed by atoms with Crippen LogP contribution in [0.3, 0.4) is 0 Å². The minimum Gasteiger partial charge on any atom is -0.379 e. The monoisotopic (exact) mass is 332 g/mol. The molecule has 0 heterocycles. The third-order valence-corrected chi connectivity index (χ3v) is 4.98. The highest BCUT2D eigenvalue weighted by Gasteiger charge is 2.10. The predicted molar refractivity (Wildman–Crippen MR) is 97.2 cm³/mol. The van der Waals surface area contributed by atoms with Crippen LogP contribution < -0.4 is 10.0 Å². The summed E-state index contributed by atoms with van der Waals surface area (Å²) in [6, 6.07) is 17.7. The molecule has 0 spiro atoms. The number of sulfonamides is 1. The van der Waals surface area contributed by atoms with E-state index in [1.165, 1.54) is 5.56 Å². The molecule has 1 atom stereocenters. The molecule has 1 unspecified atom stereocenters. The quantitative estimate of drug-likeness (QED) is 0.753. The molecular weight excluding hydrogens is 308 g/mol. The number of rotatable bonds is 8. The Labute approximate surface area is 139 Å². The molecule has 0 aliphatic rings. The standard InChI is InChI=1S/C18H24N2O2S/c1-3-4-14-23(21,22)20-18-12-10-17(11-13-18)19-15(2)16-8-6-5-7-9-16/h5-13,15,19-20H,3-4,14H2,1-2H3. The van der Waals surface area contributed by atoms with E-state index in [9.17, 15) is 8.42 Å². The first-order valence-corrected chi connectivity index (χ1v) is 9.57. The number of benzene rings is 2. The van der Waals surface area contributed by atoms with E-state index in [2.05, 4.69) is 29.1 Å². The fourth-order valence-corrected chi connectivity index (χ4v) is 3.54. The van der Waals surface area contributed by atoms with Crippen LogP contribution in [0.5, 0.6) is 0 Å². The number of unbranched alkanes of at least 4 members (excludes halogenated alkanes) is 1. The first-order valence-electron chi connectivity index (χ1n) is 7.92. The number of nitrogens with one attached hydrogen (secondary N) is 2. The van der Waals surface area contributed by atoms with Gasteiger partial charge in [-0.15, -0.1) is 0 Å².